The van der Waals surface area contributed by atoms with Gasteiger partial charge in [0.1, 0.15) is 11.6 Å². The first-order valence-corrected chi connectivity index (χ1v) is 25.9. The van der Waals surface area contributed by atoms with Crippen molar-refractivity contribution in [1.82, 2.24) is 0 Å². The van der Waals surface area contributed by atoms with Crippen LogP contribution in [0.25, 0.3) is 0 Å². The zero-order chi connectivity index (χ0) is 48.8. The number of Topliss-reactive ketones (excluding diaryl/α,β-unsaturated/α-hetero) is 2. The maximum absolute atomic E-state index is 11.0. The summed E-state index contributed by atoms with van der Waals surface area (Å²) < 4.78 is 0. The summed E-state index contributed by atoms with van der Waals surface area (Å²) in [5, 5.41) is 0. The van der Waals surface area contributed by atoms with E-state index in [9.17, 15) is 9.59 Å². The van der Waals surface area contributed by atoms with E-state index in [2.05, 4.69) is 171 Å². The molecule has 0 aromatic heterocycles. The van der Waals surface area contributed by atoms with Gasteiger partial charge < -0.3 is 0 Å². The molecule has 366 valence electrons. The van der Waals surface area contributed by atoms with Gasteiger partial charge in [0.15, 0.2) is 0 Å². The SMILES string of the molecule is CC(C)C/C=C\CC(C)C.CC(C)CC(=O)C(C)C.CC(C)CC(C)(C)CC(C)C.CC(C)CC(C)CC(C)C.CC(C)CCC(=O)C(C)C.CC(C)CCCCC(C)C. The van der Waals surface area contributed by atoms with Gasteiger partial charge in [0.25, 0.3) is 0 Å². The summed E-state index contributed by atoms with van der Waals surface area (Å²) in [4.78, 5) is 22.0. The fourth-order valence-corrected chi connectivity index (χ4v) is 7.20. The monoisotopic (exact) mass is 851 g/mol. The van der Waals surface area contributed by atoms with Gasteiger partial charge >= 0.3 is 0 Å². The van der Waals surface area contributed by atoms with Crippen molar-refractivity contribution in [3.05, 3.63) is 12.2 Å². The Morgan fingerprint density at radius 3 is 0.900 bits per heavy atom. The van der Waals surface area contributed by atoms with E-state index in [0.717, 1.165) is 72.5 Å². The fraction of sp³-hybridized carbons (Fsp3) is 0.931. The molecule has 0 radical (unpaired) electrons. The Kier molecular flexibility index (Phi) is 52.7. The highest BCUT2D eigenvalue weighted by molar-refractivity contribution is 5.80. The summed E-state index contributed by atoms with van der Waals surface area (Å²) in [6, 6.07) is 0. The normalized spacial score (nSPS) is 11.8. The van der Waals surface area contributed by atoms with Gasteiger partial charge in [-0.15, -0.1) is 0 Å². The Hall–Kier alpha value is -0.920. The van der Waals surface area contributed by atoms with E-state index >= 15 is 0 Å². The molecule has 0 heterocycles. The van der Waals surface area contributed by atoms with E-state index in [1.54, 1.807) is 0 Å². The van der Waals surface area contributed by atoms with Crippen molar-refractivity contribution in [3.63, 3.8) is 0 Å². The molecule has 0 aliphatic heterocycles. The number of carbonyl (C=O) groups is 2. The van der Waals surface area contributed by atoms with E-state index < -0.39 is 0 Å². The molecule has 0 spiro atoms. The van der Waals surface area contributed by atoms with E-state index in [1.165, 1.54) is 64.2 Å². The van der Waals surface area contributed by atoms with Crippen LogP contribution in [0.5, 0.6) is 0 Å². The van der Waals surface area contributed by atoms with E-state index in [-0.39, 0.29) is 11.8 Å². The van der Waals surface area contributed by atoms with Crippen molar-refractivity contribution < 1.29 is 9.59 Å². The summed E-state index contributed by atoms with van der Waals surface area (Å²) in [6.45, 7) is 60.0. The molecule has 0 fully saturated rings. The van der Waals surface area contributed by atoms with Gasteiger partial charge in [0, 0.05) is 24.7 Å². The predicted octanol–water partition coefficient (Wildman–Crippen LogP) is 20.2. The average molecular weight is 852 g/mol. The Balaban J connectivity index is -0.000000146. The van der Waals surface area contributed by atoms with Crippen molar-refractivity contribution in [1.29, 1.82) is 0 Å². The van der Waals surface area contributed by atoms with Crippen LogP contribution in [0.15, 0.2) is 12.2 Å². The molecule has 0 aliphatic rings. The van der Waals surface area contributed by atoms with Gasteiger partial charge in [-0.25, -0.2) is 0 Å². The predicted molar refractivity (Wildman–Crippen MR) is 280 cm³/mol. The number of carbonyl (C=O) groups excluding carboxylic acids is 2. The number of unbranched alkanes of at least 4 members (excludes halogenated alkanes) is 1. The van der Waals surface area contributed by atoms with Crippen LogP contribution in [0, 0.1) is 82.3 Å². The fourth-order valence-electron chi connectivity index (χ4n) is 7.20. The zero-order valence-corrected chi connectivity index (χ0v) is 47.2. The molecule has 0 bridgehead atoms. The van der Waals surface area contributed by atoms with Gasteiger partial charge in [0.2, 0.25) is 0 Å². The summed E-state index contributed by atoms with van der Waals surface area (Å²) in [5.41, 5.74) is 0.544. The van der Waals surface area contributed by atoms with Crippen LogP contribution in [0.4, 0.5) is 0 Å². The molecule has 0 atom stereocenters. The minimum absolute atomic E-state index is 0.215. The molecule has 60 heavy (non-hydrogen) atoms. The van der Waals surface area contributed by atoms with Gasteiger partial charge in [0.05, 0.1) is 0 Å². The molecular formula is C58H122O2. The Bertz CT molecular complexity index is 863. The largest absolute Gasteiger partial charge is 0.299 e. The molecule has 0 aliphatic carbocycles. The number of hydrogen-bond donors (Lipinski definition) is 0. The first kappa shape index (κ1) is 70.7. The molecule has 0 unspecified atom stereocenters. The molecule has 0 amide bonds. The lowest BCUT2D eigenvalue weighted by Gasteiger charge is -2.28. The number of ketones is 2. The molecule has 0 saturated carbocycles. The van der Waals surface area contributed by atoms with Crippen LogP contribution >= 0.6 is 0 Å². The average Bonchev–Trinajstić information content (AvgIpc) is 3.02. The van der Waals surface area contributed by atoms with Gasteiger partial charge in [-0.3, -0.25) is 9.59 Å². The third-order valence-corrected chi connectivity index (χ3v) is 9.73. The maximum atomic E-state index is 11.0. The molecular weight excluding hydrogens is 729 g/mol. The summed E-state index contributed by atoms with van der Waals surface area (Å²) in [6.07, 6.45) is 20.7. The third kappa shape index (κ3) is 77.7. The third-order valence-electron chi connectivity index (χ3n) is 9.73. The lowest BCUT2D eigenvalue weighted by atomic mass is 9.78. The summed E-state index contributed by atoms with van der Waals surface area (Å²) in [7, 11) is 0. The Morgan fingerprint density at radius 1 is 0.383 bits per heavy atom. The second kappa shape index (κ2) is 44.7. The first-order valence-electron chi connectivity index (χ1n) is 25.9. The molecule has 0 rings (SSSR count). The van der Waals surface area contributed by atoms with Crippen molar-refractivity contribution in [2.75, 3.05) is 0 Å². The molecule has 0 aromatic rings. The molecule has 0 aromatic carbocycles. The summed E-state index contributed by atoms with van der Waals surface area (Å²) >= 11 is 0. The number of allylic oxidation sites excluding steroid dienone is 2. The van der Waals surface area contributed by atoms with Crippen molar-refractivity contribution in [3.8, 4) is 0 Å². The van der Waals surface area contributed by atoms with Crippen LogP contribution in [0.3, 0.4) is 0 Å². The highest BCUT2D eigenvalue weighted by atomic mass is 16.1. The molecule has 0 saturated heterocycles. The highest BCUT2D eigenvalue weighted by Gasteiger charge is 2.20. The topological polar surface area (TPSA) is 34.1 Å². The maximum Gasteiger partial charge on any atom is 0.135 e. The minimum Gasteiger partial charge on any atom is -0.299 e. The van der Waals surface area contributed by atoms with Crippen LogP contribution in [-0.2, 0) is 9.59 Å². The van der Waals surface area contributed by atoms with Crippen molar-refractivity contribution in [2.45, 2.75) is 270 Å². The smallest absolute Gasteiger partial charge is 0.135 e. The first-order chi connectivity index (χ1) is 27.2. The van der Waals surface area contributed by atoms with E-state index in [4.69, 9.17) is 0 Å². The van der Waals surface area contributed by atoms with Crippen LogP contribution in [0.1, 0.15) is 270 Å². The van der Waals surface area contributed by atoms with Crippen molar-refractivity contribution >= 4 is 11.6 Å². The Morgan fingerprint density at radius 2 is 0.700 bits per heavy atom. The summed E-state index contributed by atoms with van der Waals surface area (Å²) in [5.74, 6) is 10.1. The van der Waals surface area contributed by atoms with E-state index in [1.807, 2.05) is 27.7 Å². The second-order valence-corrected chi connectivity index (χ2v) is 24.3. The van der Waals surface area contributed by atoms with E-state index in [0.29, 0.717) is 28.8 Å². The van der Waals surface area contributed by atoms with Crippen molar-refractivity contribution in [2.24, 2.45) is 82.3 Å². The molecule has 2 nitrogen and oxygen atoms in total. The van der Waals surface area contributed by atoms with Gasteiger partial charge in [-0.1, -0.05) is 225 Å². The Labute approximate surface area is 384 Å². The lowest BCUT2D eigenvalue weighted by Crippen LogP contribution is -2.16. The van der Waals surface area contributed by atoms with Gasteiger partial charge in [-0.2, -0.15) is 0 Å². The minimum atomic E-state index is 0.215. The quantitative estimate of drug-likeness (QED) is 0.0716. The zero-order valence-electron chi connectivity index (χ0n) is 47.2. The highest BCUT2D eigenvalue weighted by Crippen LogP contribution is 2.32. The molecule has 2 heteroatoms. The number of rotatable bonds is 24. The van der Waals surface area contributed by atoms with Gasteiger partial charge in [-0.05, 0) is 115 Å². The van der Waals surface area contributed by atoms with Crippen LogP contribution in [0.2, 0.25) is 0 Å². The van der Waals surface area contributed by atoms with Crippen LogP contribution in [-0.4, -0.2) is 11.6 Å². The van der Waals surface area contributed by atoms with Crippen LogP contribution < -0.4 is 0 Å². The molecule has 0 N–H and O–H groups in total. The number of hydrogen-bond acceptors (Lipinski definition) is 2. The lowest BCUT2D eigenvalue weighted by molar-refractivity contribution is -0.123. The standard InChI is InChI=1S/C11H24.2C10H22.C10H20.C9H18O.C8H16O/c1-9(2)7-11(5,6)8-10(3)4;1-8(2)6-10(5)7-9(3)4;2*1-9(2)7-5-6-8-10(3)4;1-7(2)5-6-9(10)8(3)4;1-6(2)5-8(9)7(3)4/h9-10H,7-8H2,1-6H3;8-10H,6-7H2,1-5H3;9-10H,5-8H2,1-4H3;5-6,9-10H,7-8H2,1-4H3;7-8H,5-6H2,1-4H3;6-7H,5H2,1-4H3/b;;;6-5-;;. The second-order valence-electron chi connectivity index (χ2n) is 24.3.